The fourth-order valence-electron chi connectivity index (χ4n) is 3.10. The number of carbonyl (C=O) groups excluding carboxylic acids is 1. The normalized spacial score (nSPS) is 15.8. The Bertz CT molecular complexity index is 698. The number of aryl methyl sites for hydroxylation is 1. The van der Waals surface area contributed by atoms with Gasteiger partial charge in [0.05, 0.1) is 6.61 Å². The van der Waals surface area contributed by atoms with Gasteiger partial charge in [0.2, 0.25) is 0 Å². The number of nitrogens with one attached hydrogen (secondary N) is 1. The summed E-state index contributed by atoms with van der Waals surface area (Å²) in [6, 6.07) is 7.97. The van der Waals surface area contributed by atoms with Crippen molar-refractivity contribution < 1.29 is 9.90 Å². The second kappa shape index (κ2) is 9.37. The van der Waals surface area contributed by atoms with E-state index in [1.165, 1.54) is 0 Å². The van der Waals surface area contributed by atoms with E-state index in [4.69, 9.17) is 5.11 Å². The maximum absolute atomic E-state index is 12.6. The first-order valence-corrected chi connectivity index (χ1v) is 9.06. The van der Waals surface area contributed by atoms with E-state index in [-0.39, 0.29) is 24.0 Å². The summed E-state index contributed by atoms with van der Waals surface area (Å²) in [5.41, 5.74) is 2.95. The average molecular weight is 356 g/mol. The van der Waals surface area contributed by atoms with Crippen LogP contribution in [0.15, 0.2) is 30.0 Å². The van der Waals surface area contributed by atoms with Crippen molar-refractivity contribution in [1.82, 2.24) is 9.80 Å². The van der Waals surface area contributed by atoms with Crippen LogP contribution in [0.25, 0.3) is 0 Å². The minimum Gasteiger partial charge on any atom is -0.395 e. The van der Waals surface area contributed by atoms with Crippen LogP contribution in [0, 0.1) is 18.3 Å². The molecule has 1 heterocycles. The summed E-state index contributed by atoms with van der Waals surface area (Å²) in [6.07, 6.45) is 1.65. The van der Waals surface area contributed by atoms with E-state index in [1.807, 2.05) is 36.1 Å². The summed E-state index contributed by atoms with van der Waals surface area (Å²) in [5, 5.41) is 21.4. The molecular formula is C20H28N4O2. The van der Waals surface area contributed by atoms with Crippen LogP contribution in [0.3, 0.4) is 0 Å². The number of para-hydroxylation sites is 1. The lowest BCUT2D eigenvalue weighted by molar-refractivity contribution is -0.112. The Morgan fingerprint density at radius 2 is 2.04 bits per heavy atom. The summed E-state index contributed by atoms with van der Waals surface area (Å²) in [5.74, 6) is -0.0965. The molecule has 1 saturated heterocycles. The molecule has 0 atom stereocenters. The molecule has 1 aliphatic heterocycles. The summed E-state index contributed by atoms with van der Waals surface area (Å²) >= 11 is 0. The van der Waals surface area contributed by atoms with E-state index >= 15 is 0 Å². The number of amides is 1. The van der Waals surface area contributed by atoms with Gasteiger partial charge in [0, 0.05) is 44.6 Å². The third-order valence-electron chi connectivity index (χ3n) is 4.67. The molecule has 0 radical (unpaired) electrons. The summed E-state index contributed by atoms with van der Waals surface area (Å²) in [4.78, 5) is 16.8. The molecule has 0 saturated carbocycles. The van der Waals surface area contributed by atoms with E-state index in [2.05, 4.69) is 24.1 Å². The molecule has 1 aliphatic rings. The third kappa shape index (κ3) is 5.07. The Morgan fingerprint density at radius 3 is 2.62 bits per heavy atom. The predicted octanol–water partition coefficient (Wildman–Crippen LogP) is 2.07. The lowest BCUT2D eigenvalue weighted by Crippen LogP contribution is -2.45. The van der Waals surface area contributed by atoms with E-state index in [0.717, 1.165) is 43.0 Å². The molecule has 0 spiro atoms. The van der Waals surface area contributed by atoms with Gasteiger partial charge in [-0.1, -0.05) is 32.0 Å². The van der Waals surface area contributed by atoms with Gasteiger partial charge in [0.1, 0.15) is 11.6 Å². The number of benzene rings is 1. The molecule has 140 valence electrons. The second-order valence-corrected chi connectivity index (χ2v) is 6.90. The van der Waals surface area contributed by atoms with E-state index < -0.39 is 0 Å². The second-order valence-electron chi connectivity index (χ2n) is 6.90. The predicted molar refractivity (Wildman–Crippen MR) is 103 cm³/mol. The summed E-state index contributed by atoms with van der Waals surface area (Å²) < 4.78 is 0. The minimum absolute atomic E-state index is 0.110. The fourth-order valence-corrected chi connectivity index (χ4v) is 3.10. The van der Waals surface area contributed by atoms with Crippen LogP contribution in [-0.2, 0) is 4.79 Å². The number of carbonyl (C=O) groups is 1. The molecule has 1 aromatic rings. The van der Waals surface area contributed by atoms with Crippen molar-refractivity contribution in [2.45, 2.75) is 26.7 Å². The average Bonchev–Trinajstić information content (AvgIpc) is 2.62. The Labute approximate surface area is 155 Å². The third-order valence-corrected chi connectivity index (χ3v) is 4.67. The number of rotatable bonds is 6. The Balaban J connectivity index is 2.10. The lowest BCUT2D eigenvalue weighted by atomic mass is 9.98. The molecule has 6 nitrogen and oxygen atoms in total. The van der Waals surface area contributed by atoms with Crippen LogP contribution >= 0.6 is 0 Å². The van der Waals surface area contributed by atoms with Crippen LogP contribution < -0.4 is 5.32 Å². The van der Waals surface area contributed by atoms with E-state index in [9.17, 15) is 10.1 Å². The molecule has 26 heavy (non-hydrogen) atoms. The van der Waals surface area contributed by atoms with Crippen molar-refractivity contribution in [2.75, 3.05) is 44.6 Å². The van der Waals surface area contributed by atoms with Crippen LogP contribution in [0.4, 0.5) is 5.69 Å². The number of piperazine rings is 1. The number of β-amino-alcohol motifs (C(OH)–C–C–N with tert-alkyl or cyclic N) is 1. The maximum atomic E-state index is 12.6. The highest BCUT2D eigenvalue weighted by molar-refractivity contribution is 6.07. The lowest BCUT2D eigenvalue weighted by Gasteiger charge is -2.33. The van der Waals surface area contributed by atoms with Gasteiger partial charge < -0.3 is 15.3 Å². The van der Waals surface area contributed by atoms with Gasteiger partial charge in [0.25, 0.3) is 5.91 Å². The van der Waals surface area contributed by atoms with Gasteiger partial charge in [-0.2, -0.15) is 5.26 Å². The zero-order chi connectivity index (χ0) is 19.1. The molecule has 0 aliphatic carbocycles. The van der Waals surface area contributed by atoms with Gasteiger partial charge >= 0.3 is 0 Å². The fraction of sp³-hybridized carbons (Fsp3) is 0.500. The van der Waals surface area contributed by atoms with Crippen molar-refractivity contribution in [2.24, 2.45) is 0 Å². The van der Waals surface area contributed by atoms with Crippen molar-refractivity contribution >= 4 is 11.6 Å². The summed E-state index contributed by atoms with van der Waals surface area (Å²) in [6.45, 7) is 10.0. The highest BCUT2D eigenvalue weighted by Gasteiger charge is 2.18. The summed E-state index contributed by atoms with van der Waals surface area (Å²) in [7, 11) is 0. The molecule has 0 aromatic heterocycles. The SMILES string of the molecule is Cc1cccc(C(C)C)c1NC(=O)/C(C#N)=C\N1CCN(CCO)CC1. The topological polar surface area (TPSA) is 79.6 Å². The number of aliphatic hydroxyl groups is 1. The zero-order valence-electron chi connectivity index (χ0n) is 15.8. The van der Waals surface area contributed by atoms with Gasteiger partial charge in [-0.05, 0) is 24.0 Å². The first-order valence-electron chi connectivity index (χ1n) is 9.06. The molecule has 0 bridgehead atoms. The van der Waals surface area contributed by atoms with Crippen molar-refractivity contribution in [3.8, 4) is 6.07 Å². The Hall–Kier alpha value is -2.36. The monoisotopic (exact) mass is 356 g/mol. The van der Waals surface area contributed by atoms with E-state index in [1.54, 1.807) is 6.20 Å². The Morgan fingerprint density at radius 1 is 1.35 bits per heavy atom. The molecule has 0 unspecified atom stereocenters. The quantitative estimate of drug-likeness (QED) is 0.603. The highest BCUT2D eigenvalue weighted by atomic mass is 16.3. The largest absolute Gasteiger partial charge is 0.395 e. The molecule has 6 heteroatoms. The van der Waals surface area contributed by atoms with Crippen LogP contribution in [0.1, 0.15) is 30.9 Å². The van der Waals surface area contributed by atoms with Gasteiger partial charge in [-0.25, -0.2) is 0 Å². The van der Waals surface area contributed by atoms with Crippen molar-refractivity contribution in [1.29, 1.82) is 5.26 Å². The molecule has 2 N–H and O–H groups in total. The van der Waals surface area contributed by atoms with Crippen molar-refractivity contribution in [3.63, 3.8) is 0 Å². The zero-order valence-corrected chi connectivity index (χ0v) is 15.8. The standard InChI is InChI=1S/C20H28N4O2/c1-15(2)18-6-4-5-16(3)19(18)22-20(26)17(13-21)14-24-9-7-23(8-10-24)11-12-25/h4-6,14-15,25H,7-12H2,1-3H3,(H,22,26)/b17-14-. The number of anilines is 1. The van der Waals surface area contributed by atoms with Crippen molar-refractivity contribution in [3.05, 3.63) is 41.1 Å². The molecule has 1 fully saturated rings. The van der Waals surface area contributed by atoms with Crippen LogP contribution in [-0.4, -0.2) is 60.1 Å². The molecule has 1 aromatic carbocycles. The highest BCUT2D eigenvalue weighted by Crippen LogP contribution is 2.27. The van der Waals surface area contributed by atoms with Gasteiger partial charge in [0.15, 0.2) is 0 Å². The number of aliphatic hydroxyl groups excluding tert-OH is 1. The van der Waals surface area contributed by atoms with Gasteiger partial charge in [-0.15, -0.1) is 0 Å². The maximum Gasteiger partial charge on any atom is 0.267 e. The number of hydrogen-bond donors (Lipinski definition) is 2. The minimum atomic E-state index is -0.374. The smallest absolute Gasteiger partial charge is 0.267 e. The molecule has 1 amide bonds. The first kappa shape index (κ1) is 20.0. The van der Waals surface area contributed by atoms with Gasteiger partial charge in [-0.3, -0.25) is 9.69 Å². The number of nitriles is 1. The van der Waals surface area contributed by atoms with E-state index in [0.29, 0.717) is 6.54 Å². The molecule has 2 rings (SSSR count). The van der Waals surface area contributed by atoms with Crippen LogP contribution in [0.2, 0.25) is 0 Å². The Kier molecular flexibility index (Phi) is 7.19. The number of hydrogen-bond acceptors (Lipinski definition) is 5. The first-order chi connectivity index (χ1) is 12.5. The number of nitrogens with zero attached hydrogens (tertiary/aromatic N) is 3. The van der Waals surface area contributed by atoms with Crippen LogP contribution in [0.5, 0.6) is 0 Å². The molecular weight excluding hydrogens is 328 g/mol.